The predicted octanol–water partition coefficient (Wildman–Crippen LogP) is 5.66. The van der Waals surface area contributed by atoms with Gasteiger partial charge in [0, 0.05) is 28.5 Å². The number of carbonyl (C=O) groups is 2. The Kier molecular flexibility index (Phi) is 5.55. The van der Waals surface area contributed by atoms with E-state index in [1.807, 2.05) is 6.92 Å². The maximum absolute atomic E-state index is 13.6. The molecule has 34 heavy (non-hydrogen) atoms. The number of pyridine rings is 1. The number of aliphatic hydroxyl groups excluding tert-OH is 1. The van der Waals surface area contributed by atoms with Crippen LogP contribution in [0.1, 0.15) is 29.1 Å². The number of benzene rings is 2. The van der Waals surface area contributed by atoms with E-state index in [9.17, 15) is 14.7 Å². The number of rotatable bonds is 6. The van der Waals surface area contributed by atoms with Crippen molar-refractivity contribution in [3.8, 4) is 5.75 Å². The van der Waals surface area contributed by atoms with Gasteiger partial charge in [0.05, 0.1) is 18.2 Å². The van der Waals surface area contributed by atoms with Gasteiger partial charge >= 0.3 is 0 Å². The van der Waals surface area contributed by atoms with Crippen LogP contribution >= 0.6 is 11.6 Å². The maximum atomic E-state index is 13.6. The lowest BCUT2D eigenvalue weighted by atomic mass is 9.95. The highest BCUT2D eigenvalue weighted by molar-refractivity contribution is 6.31. The van der Waals surface area contributed by atoms with Crippen molar-refractivity contribution in [3.05, 3.63) is 101 Å². The minimum Gasteiger partial charge on any atom is -0.503 e. The van der Waals surface area contributed by atoms with Crippen molar-refractivity contribution in [2.45, 2.75) is 13.0 Å². The topological polar surface area (TPSA) is 92.9 Å². The number of carbonyl (C=O) groups excluding carboxylic acids is 2. The number of nitrogens with zero attached hydrogens (tertiary/aromatic N) is 2. The van der Waals surface area contributed by atoms with Crippen molar-refractivity contribution in [3.63, 3.8) is 0 Å². The Balaban J connectivity index is 1.61. The van der Waals surface area contributed by atoms with Crippen LogP contribution in [0.5, 0.6) is 5.75 Å². The third kappa shape index (κ3) is 3.70. The summed E-state index contributed by atoms with van der Waals surface area (Å²) in [6.45, 7) is 2.38. The van der Waals surface area contributed by atoms with Gasteiger partial charge in [-0.1, -0.05) is 11.6 Å². The van der Waals surface area contributed by atoms with Gasteiger partial charge < -0.3 is 14.3 Å². The Bertz CT molecular complexity index is 1430. The molecular formula is C26H19ClN2O5. The molecule has 0 saturated carbocycles. The van der Waals surface area contributed by atoms with Gasteiger partial charge in [-0.25, -0.2) is 0 Å². The summed E-state index contributed by atoms with van der Waals surface area (Å²) in [6.07, 6.45) is 3.13. The number of halogens is 1. The minimum absolute atomic E-state index is 0.000725. The number of hydrogen-bond donors (Lipinski definition) is 1. The first-order valence-electron chi connectivity index (χ1n) is 10.6. The first kappa shape index (κ1) is 21.7. The predicted molar refractivity (Wildman–Crippen MR) is 127 cm³/mol. The van der Waals surface area contributed by atoms with Crippen molar-refractivity contribution in [2.24, 2.45) is 0 Å². The van der Waals surface area contributed by atoms with Crippen molar-refractivity contribution in [1.29, 1.82) is 0 Å². The number of fused-ring (bicyclic) bond motifs is 1. The molecule has 7 nitrogen and oxygen atoms in total. The zero-order chi connectivity index (χ0) is 23.8. The summed E-state index contributed by atoms with van der Waals surface area (Å²) >= 11 is 6.06. The normalized spacial score (nSPS) is 15.9. The van der Waals surface area contributed by atoms with Crippen molar-refractivity contribution in [2.75, 3.05) is 11.5 Å². The molecule has 0 saturated heterocycles. The van der Waals surface area contributed by atoms with E-state index in [-0.39, 0.29) is 11.3 Å². The minimum atomic E-state index is -0.877. The fourth-order valence-corrected chi connectivity index (χ4v) is 4.27. The summed E-state index contributed by atoms with van der Waals surface area (Å²) < 4.78 is 11.2. The van der Waals surface area contributed by atoms with Crippen molar-refractivity contribution < 1.29 is 23.8 Å². The second-order valence-corrected chi connectivity index (χ2v) is 8.11. The van der Waals surface area contributed by atoms with Crippen LogP contribution in [0.2, 0.25) is 5.02 Å². The number of aromatic nitrogens is 1. The quantitative estimate of drug-likeness (QED) is 0.362. The molecule has 1 N–H and O–H groups in total. The van der Waals surface area contributed by atoms with Crippen LogP contribution in [-0.2, 0) is 4.79 Å². The van der Waals surface area contributed by atoms with E-state index in [0.29, 0.717) is 39.6 Å². The number of amides is 1. The van der Waals surface area contributed by atoms with Gasteiger partial charge in [-0.05, 0) is 73.2 Å². The molecule has 2 aromatic heterocycles. The average molecular weight is 475 g/mol. The van der Waals surface area contributed by atoms with E-state index in [4.69, 9.17) is 20.8 Å². The summed E-state index contributed by atoms with van der Waals surface area (Å²) in [5.41, 5.74) is 1.51. The van der Waals surface area contributed by atoms with Gasteiger partial charge in [-0.2, -0.15) is 0 Å². The molecule has 1 amide bonds. The first-order chi connectivity index (χ1) is 16.5. The molecular weight excluding hydrogens is 456 g/mol. The Morgan fingerprint density at radius 3 is 2.56 bits per heavy atom. The van der Waals surface area contributed by atoms with E-state index < -0.39 is 23.5 Å². The summed E-state index contributed by atoms with van der Waals surface area (Å²) in [4.78, 5) is 32.2. The average Bonchev–Trinajstić information content (AvgIpc) is 3.38. The SMILES string of the molecule is CCOc1ccc(N2C(=O)C(O)=C(C(=O)c3cc4cc(Cl)ccc4o3)C2c2ccncc2)cc1. The first-order valence-corrected chi connectivity index (χ1v) is 11.0. The molecule has 2 aromatic carbocycles. The molecule has 1 atom stereocenters. The number of anilines is 1. The lowest BCUT2D eigenvalue weighted by Crippen LogP contribution is -2.31. The van der Waals surface area contributed by atoms with Crippen LogP contribution in [0.3, 0.4) is 0 Å². The van der Waals surface area contributed by atoms with Gasteiger partial charge in [0.2, 0.25) is 5.78 Å². The Morgan fingerprint density at radius 1 is 1.12 bits per heavy atom. The number of ketones is 1. The molecule has 4 aromatic rings. The number of furan rings is 1. The molecule has 0 spiro atoms. The molecule has 0 radical (unpaired) electrons. The third-order valence-electron chi connectivity index (χ3n) is 5.60. The standard InChI is InChI=1S/C26H19ClN2O5/c1-2-33-19-6-4-18(5-7-19)29-23(15-9-11-28-12-10-15)22(25(31)26(29)32)24(30)21-14-16-13-17(27)3-8-20(16)34-21/h3-14,23,31H,2H2,1H3. The van der Waals surface area contributed by atoms with Crippen LogP contribution in [0.15, 0.2) is 88.8 Å². The van der Waals surface area contributed by atoms with E-state index >= 15 is 0 Å². The largest absolute Gasteiger partial charge is 0.503 e. The number of Topliss-reactive ketones (excluding diaryl/α,β-unsaturated/α-hetero) is 1. The zero-order valence-corrected chi connectivity index (χ0v) is 18.8. The highest BCUT2D eigenvalue weighted by Crippen LogP contribution is 2.42. The Labute approximate surface area is 199 Å². The molecule has 0 bridgehead atoms. The summed E-state index contributed by atoms with van der Waals surface area (Å²) in [5, 5.41) is 12.0. The monoisotopic (exact) mass is 474 g/mol. The van der Waals surface area contributed by atoms with Gasteiger partial charge in [0.1, 0.15) is 11.3 Å². The molecule has 5 rings (SSSR count). The summed E-state index contributed by atoms with van der Waals surface area (Å²) in [6, 6.07) is 16.0. The fourth-order valence-electron chi connectivity index (χ4n) is 4.09. The van der Waals surface area contributed by atoms with Crippen molar-refractivity contribution in [1.82, 2.24) is 4.98 Å². The Morgan fingerprint density at radius 2 is 1.85 bits per heavy atom. The van der Waals surface area contributed by atoms with Crippen LogP contribution < -0.4 is 9.64 Å². The lowest BCUT2D eigenvalue weighted by Gasteiger charge is -2.26. The molecule has 0 aliphatic carbocycles. The van der Waals surface area contributed by atoms with E-state index in [2.05, 4.69) is 4.98 Å². The van der Waals surface area contributed by atoms with Crippen LogP contribution in [0, 0.1) is 0 Å². The zero-order valence-electron chi connectivity index (χ0n) is 18.1. The summed E-state index contributed by atoms with van der Waals surface area (Å²) in [7, 11) is 0. The number of aliphatic hydroxyl groups is 1. The van der Waals surface area contributed by atoms with Crippen LogP contribution in [-0.4, -0.2) is 28.4 Å². The molecule has 1 aliphatic heterocycles. The molecule has 1 aliphatic rings. The van der Waals surface area contributed by atoms with Crippen molar-refractivity contribution >= 4 is 39.9 Å². The van der Waals surface area contributed by atoms with Gasteiger partial charge in [-0.15, -0.1) is 0 Å². The fraction of sp³-hybridized carbons (Fsp3) is 0.115. The smallest absolute Gasteiger partial charge is 0.294 e. The third-order valence-corrected chi connectivity index (χ3v) is 5.84. The number of hydrogen-bond acceptors (Lipinski definition) is 6. The number of ether oxygens (including phenoxy) is 1. The molecule has 0 fully saturated rings. The van der Waals surface area contributed by atoms with Gasteiger partial charge in [0.15, 0.2) is 11.5 Å². The van der Waals surface area contributed by atoms with Gasteiger partial charge in [-0.3, -0.25) is 19.5 Å². The summed E-state index contributed by atoms with van der Waals surface area (Å²) in [5.74, 6) is -1.26. The molecule has 170 valence electrons. The molecule has 3 heterocycles. The van der Waals surface area contributed by atoms with E-state index in [1.54, 1.807) is 73.1 Å². The lowest BCUT2D eigenvalue weighted by molar-refractivity contribution is -0.117. The highest BCUT2D eigenvalue weighted by atomic mass is 35.5. The highest BCUT2D eigenvalue weighted by Gasteiger charge is 2.45. The second-order valence-electron chi connectivity index (χ2n) is 7.67. The molecule has 8 heteroatoms. The van der Waals surface area contributed by atoms with E-state index in [0.717, 1.165) is 0 Å². The van der Waals surface area contributed by atoms with E-state index in [1.165, 1.54) is 4.90 Å². The van der Waals surface area contributed by atoms with Crippen LogP contribution in [0.4, 0.5) is 5.69 Å². The van der Waals surface area contributed by atoms with Gasteiger partial charge in [0.25, 0.3) is 5.91 Å². The second kappa shape index (κ2) is 8.68. The Hall–Kier alpha value is -4.10. The maximum Gasteiger partial charge on any atom is 0.294 e. The van der Waals surface area contributed by atoms with Crippen LogP contribution in [0.25, 0.3) is 11.0 Å². The molecule has 1 unspecified atom stereocenters.